The maximum absolute atomic E-state index is 12.1. The average molecular weight is 314 g/mol. The molecule has 1 heterocycles. The molecule has 2 aromatic rings. The van der Waals surface area contributed by atoms with Crippen LogP contribution < -0.4 is 5.32 Å². The Morgan fingerprint density at radius 1 is 1.05 bits per heavy atom. The number of carbonyl (C=O) groups is 2. The van der Waals surface area contributed by atoms with E-state index < -0.39 is 12.0 Å². The van der Waals surface area contributed by atoms with Crippen LogP contribution in [0.2, 0.25) is 5.02 Å². The Morgan fingerprint density at radius 3 is 2.32 bits per heavy atom. The van der Waals surface area contributed by atoms with Gasteiger partial charge in [-0.25, -0.2) is 0 Å². The van der Waals surface area contributed by atoms with Gasteiger partial charge in [0.2, 0.25) is 5.91 Å². The fourth-order valence-electron chi connectivity index (χ4n) is 2.78. The van der Waals surface area contributed by atoms with Gasteiger partial charge in [-0.05, 0) is 37.1 Å². The molecular formula is C18H16ClNO2. The summed E-state index contributed by atoms with van der Waals surface area (Å²) in [6.07, 6.45) is 0. The van der Waals surface area contributed by atoms with Crippen molar-refractivity contribution in [2.24, 2.45) is 0 Å². The molecule has 0 bridgehead atoms. The van der Waals surface area contributed by atoms with Crippen molar-refractivity contribution in [3.8, 4) is 11.1 Å². The molecule has 0 aliphatic carbocycles. The first-order valence-electron chi connectivity index (χ1n) is 7.18. The number of nitrogens with one attached hydrogen (secondary N) is 1. The Labute approximate surface area is 134 Å². The highest BCUT2D eigenvalue weighted by Gasteiger charge is 2.39. The lowest BCUT2D eigenvalue weighted by Gasteiger charge is -2.09. The summed E-state index contributed by atoms with van der Waals surface area (Å²) in [4.78, 5) is 24.0. The number of benzene rings is 2. The second kappa shape index (κ2) is 5.58. The molecule has 3 nitrogen and oxygen atoms in total. The summed E-state index contributed by atoms with van der Waals surface area (Å²) in [6.45, 7) is 3.72. The lowest BCUT2D eigenvalue weighted by molar-refractivity contribution is -0.124. The number of aryl methyl sites for hydroxylation is 1. The van der Waals surface area contributed by atoms with Gasteiger partial charge in [-0.15, -0.1) is 0 Å². The van der Waals surface area contributed by atoms with E-state index in [4.69, 9.17) is 11.6 Å². The molecule has 4 heteroatoms. The van der Waals surface area contributed by atoms with E-state index in [-0.39, 0.29) is 11.7 Å². The normalized spacial score (nSPS) is 21.0. The zero-order valence-corrected chi connectivity index (χ0v) is 13.1. The van der Waals surface area contributed by atoms with Crippen molar-refractivity contribution in [2.75, 3.05) is 0 Å². The fourth-order valence-corrected chi connectivity index (χ4v) is 3.00. The van der Waals surface area contributed by atoms with Crippen LogP contribution in [-0.2, 0) is 9.59 Å². The van der Waals surface area contributed by atoms with Crippen molar-refractivity contribution in [3.05, 3.63) is 58.6 Å². The first-order valence-corrected chi connectivity index (χ1v) is 7.56. The van der Waals surface area contributed by atoms with Gasteiger partial charge in [-0.1, -0.05) is 47.5 Å². The molecular weight excluding hydrogens is 298 g/mol. The van der Waals surface area contributed by atoms with Crippen molar-refractivity contribution in [3.63, 3.8) is 0 Å². The summed E-state index contributed by atoms with van der Waals surface area (Å²) >= 11 is 6.24. The summed E-state index contributed by atoms with van der Waals surface area (Å²) in [7, 11) is 0. The highest BCUT2D eigenvalue weighted by molar-refractivity contribution is 6.33. The number of Topliss-reactive ketones (excluding diaryl/α,β-unsaturated/α-hetero) is 1. The second-order valence-corrected chi connectivity index (χ2v) is 6.08. The first kappa shape index (κ1) is 14.8. The van der Waals surface area contributed by atoms with E-state index in [9.17, 15) is 9.59 Å². The Balaban J connectivity index is 1.95. The lowest BCUT2D eigenvalue weighted by Crippen LogP contribution is -2.25. The molecule has 112 valence electrons. The molecule has 3 rings (SSSR count). The topological polar surface area (TPSA) is 46.2 Å². The van der Waals surface area contributed by atoms with Crippen LogP contribution in [0.3, 0.4) is 0 Å². The summed E-state index contributed by atoms with van der Waals surface area (Å²) in [5.74, 6) is -0.998. The molecule has 1 amide bonds. The van der Waals surface area contributed by atoms with Crippen LogP contribution in [0.25, 0.3) is 11.1 Å². The molecule has 1 N–H and O–H groups in total. The second-order valence-electron chi connectivity index (χ2n) is 5.67. The van der Waals surface area contributed by atoms with Crippen LogP contribution in [0.5, 0.6) is 0 Å². The number of ketones is 1. The van der Waals surface area contributed by atoms with Crippen LogP contribution >= 0.6 is 11.6 Å². The number of halogens is 1. The van der Waals surface area contributed by atoms with Crippen LogP contribution in [0.15, 0.2) is 42.5 Å². The van der Waals surface area contributed by atoms with Crippen molar-refractivity contribution >= 4 is 23.3 Å². The molecule has 0 spiro atoms. The fraction of sp³-hybridized carbons (Fsp3) is 0.222. The Morgan fingerprint density at radius 2 is 1.73 bits per heavy atom. The van der Waals surface area contributed by atoms with Crippen LogP contribution in [0, 0.1) is 6.92 Å². The molecule has 1 aliphatic rings. The number of amides is 1. The summed E-state index contributed by atoms with van der Waals surface area (Å²) in [5, 5.41) is 3.35. The number of rotatable bonds is 2. The molecule has 0 radical (unpaired) electrons. The number of carbonyl (C=O) groups excluding carboxylic acids is 2. The van der Waals surface area contributed by atoms with Gasteiger partial charge in [-0.2, -0.15) is 0 Å². The Kier molecular flexibility index (Phi) is 3.75. The lowest BCUT2D eigenvalue weighted by atomic mass is 9.93. The quantitative estimate of drug-likeness (QED) is 0.863. The smallest absolute Gasteiger partial charge is 0.235 e. The number of hydrogen-bond donors (Lipinski definition) is 1. The minimum absolute atomic E-state index is 0.0775. The highest BCUT2D eigenvalue weighted by atomic mass is 35.5. The predicted molar refractivity (Wildman–Crippen MR) is 87.0 cm³/mol. The summed E-state index contributed by atoms with van der Waals surface area (Å²) in [6, 6.07) is 12.9. The zero-order chi connectivity index (χ0) is 15.9. The van der Waals surface area contributed by atoms with Gasteiger partial charge < -0.3 is 5.32 Å². The molecule has 0 aromatic heterocycles. The molecule has 2 unspecified atom stereocenters. The van der Waals surface area contributed by atoms with E-state index in [1.54, 1.807) is 6.92 Å². The summed E-state index contributed by atoms with van der Waals surface area (Å²) in [5.41, 5.74) is 3.77. The van der Waals surface area contributed by atoms with Gasteiger partial charge >= 0.3 is 0 Å². The third kappa shape index (κ3) is 2.53. The molecule has 22 heavy (non-hydrogen) atoms. The molecule has 2 aromatic carbocycles. The van der Waals surface area contributed by atoms with E-state index in [1.807, 2.05) is 49.4 Å². The zero-order valence-electron chi connectivity index (χ0n) is 12.4. The van der Waals surface area contributed by atoms with Gasteiger partial charge in [0.15, 0.2) is 5.78 Å². The van der Waals surface area contributed by atoms with Crippen molar-refractivity contribution in [2.45, 2.75) is 25.8 Å². The van der Waals surface area contributed by atoms with Gasteiger partial charge in [0, 0.05) is 10.6 Å². The van der Waals surface area contributed by atoms with Crippen LogP contribution in [0.1, 0.15) is 24.0 Å². The minimum Gasteiger partial charge on any atom is -0.346 e. The van der Waals surface area contributed by atoms with Crippen LogP contribution in [-0.4, -0.2) is 17.7 Å². The van der Waals surface area contributed by atoms with Gasteiger partial charge in [-0.3, -0.25) is 9.59 Å². The van der Waals surface area contributed by atoms with Crippen molar-refractivity contribution < 1.29 is 9.59 Å². The van der Waals surface area contributed by atoms with E-state index in [0.717, 1.165) is 22.3 Å². The van der Waals surface area contributed by atoms with Gasteiger partial charge in [0.25, 0.3) is 0 Å². The van der Waals surface area contributed by atoms with E-state index in [2.05, 4.69) is 5.32 Å². The largest absolute Gasteiger partial charge is 0.346 e. The van der Waals surface area contributed by atoms with Crippen molar-refractivity contribution in [1.82, 2.24) is 5.32 Å². The predicted octanol–water partition coefficient (Wildman–Crippen LogP) is 3.49. The highest BCUT2D eigenvalue weighted by Crippen LogP contribution is 2.31. The molecule has 1 aliphatic heterocycles. The molecule has 0 saturated carbocycles. The maximum atomic E-state index is 12.1. The van der Waals surface area contributed by atoms with Crippen LogP contribution in [0.4, 0.5) is 0 Å². The third-order valence-corrected chi connectivity index (χ3v) is 4.34. The average Bonchev–Trinajstić information content (AvgIpc) is 2.75. The first-order chi connectivity index (χ1) is 10.5. The minimum atomic E-state index is -0.697. The van der Waals surface area contributed by atoms with E-state index in [0.29, 0.717) is 5.02 Å². The Hall–Kier alpha value is -2.13. The van der Waals surface area contributed by atoms with Gasteiger partial charge in [0.05, 0.1) is 6.04 Å². The van der Waals surface area contributed by atoms with Crippen molar-refractivity contribution in [1.29, 1.82) is 0 Å². The van der Waals surface area contributed by atoms with E-state index in [1.165, 1.54) is 0 Å². The molecule has 1 fully saturated rings. The third-order valence-electron chi connectivity index (χ3n) is 4.01. The number of hydrogen-bond acceptors (Lipinski definition) is 2. The standard InChI is InChI=1S/C18H16ClNO2/c1-10-3-8-15(19)14(9-10)12-4-6-13(7-5-12)16-17(21)11(2)20-18(16)22/h3-9,11,16H,1-2H3,(H,20,22). The SMILES string of the molecule is Cc1ccc(Cl)c(-c2ccc(C3C(=O)NC(C)C3=O)cc2)c1. The molecule has 2 atom stereocenters. The van der Waals surface area contributed by atoms with E-state index >= 15 is 0 Å². The monoisotopic (exact) mass is 313 g/mol. The molecule has 1 saturated heterocycles. The van der Waals surface area contributed by atoms with Gasteiger partial charge in [0.1, 0.15) is 5.92 Å². The summed E-state index contributed by atoms with van der Waals surface area (Å²) < 4.78 is 0. The Bertz CT molecular complexity index is 752. The maximum Gasteiger partial charge on any atom is 0.235 e.